The Morgan fingerprint density at radius 2 is 1.61 bits per heavy atom. The van der Waals surface area contributed by atoms with Gasteiger partial charge in [-0.05, 0) is 76.7 Å². The highest BCUT2D eigenvalue weighted by molar-refractivity contribution is 7.14. The van der Waals surface area contributed by atoms with E-state index in [1.807, 2.05) is 4.90 Å². The summed E-state index contributed by atoms with van der Waals surface area (Å²) in [5.74, 6) is 0.629. The summed E-state index contributed by atoms with van der Waals surface area (Å²) in [5, 5.41) is 0. The van der Waals surface area contributed by atoms with Gasteiger partial charge in [-0.1, -0.05) is 0 Å². The van der Waals surface area contributed by atoms with Crippen LogP contribution in [0.5, 0.6) is 0 Å². The van der Waals surface area contributed by atoms with Crippen molar-refractivity contribution in [2.75, 3.05) is 59.4 Å². The topological polar surface area (TPSA) is 47.1 Å². The Morgan fingerprint density at radius 1 is 0.903 bits per heavy atom. The fourth-order valence-electron chi connectivity index (χ4n) is 5.84. The van der Waals surface area contributed by atoms with E-state index >= 15 is 0 Å². The van der Waals surface area contributed by atoms with Gasteiger partial charge in [0.15, 0.2) is 0 Å². The maximum atomic E-state index is 13.3. The number of hydrogen-bond acceptors (Lipinski definition) is 5. The van der Waals surface area contributed by atoms with Crippen LogP contribution in [0.3, 0.4) is 0 Å². The van der Waals surface area contributed by atoms with Crippen LogP contribution in [0.1, 0.15) is 52.2 Å². The second kappa shape index (κ2) is 9.20. The quantitative estimate of drug-likeness (QED) is 0.718. The first-order chi connectivity index (χ1) is 15.1. The largest absolute Gasteiger partial charge is 0.340 e. The van der Waals surface area contributed by atoms with E-state index in [1.54, 1.807) is 11.3 Å². The molecule has 1 aromatic heterocycles. The number of piperidine rings is 1. The Labute approximate surface area is 190 Å². The van der Waals surface area contributed by atoms with Crippen LogP contribution in [0.2, 0.25) is 0 Å². The van der Waals surface area contributed by atoms with Gasteiger partial charge in [0.1, 0.15) is 0 Å². The number of piperazine rings is 1. The molecule has 0 aromatic carbocycles. The number of thiophene rings is 1. The minimum atomic E-state index is 0.0896. The summed E-state index contributed by atoms with van der Waals surface area (Å²) >= 11 is 1.67. The lowest BCUT2D eigenvalue weighted by atomic mass is 9.87. The molecule has 0 spiro atoms. The molecule has 1 aromatic rings. The molecular weight excluding hydrogens is 408 g/mol. The third-order valence-corrected chi connectivity index (χ3v) is 9.09. The van der Waals surface area contributed by atoms with Crippen LogP contribution in [0, 0.1) is 5.92 Å². The van der Waals surface area contributed by atoms with Crippen molar-refractivity contribution in [2.24, 2.45) is 5.92 Å². The molecule has 4 aliphatic rings. The Bertz CT molecular complexity index is 803. The molecule has 7 heteroatoms. The van der Waals surface area contributed by atoms with Crippen molar-refractivity contribution in [1.82, 2.24) is 19.6 Å². The standard InChI is InChI=1S/C24H36N4O2S/c1-25-10-6-20(7-11-25)26-12-14-28(15-13-26)23(29)18-4-5-21-19(16-18)17-22(31-21)24(30)27-8-2-3-9-27/h17-18,20H,2-16H2,1H3/t18-/m0/s1. The van der Waals surface area contributed by atoms with E-state index in [9.17, 15) is 9.59 Å². The second-order valence-electron chi connectivity index (χ2n) is 9.89. The number of rotatable bonds is 3. The number of carbonyl (C=O) groups excluding carboxylic acids is 2. The highest BCUT2D eigenvalue weighted by Gasteiger charge is 2.34. The highest BCUT2D eigenvalue weighted by atomic mass is 32.1. The lowest BCUT2D eigenvalue weighted by molar-refractivity contribution is -0.138. The van der Waals surface area contributed by atoms with Crippen molar-refractivity contribution in [1.29, 1.82) is 0 Å². The van der Waals surface area contributed by atoms with E-state index in [4.69, 9.17) is 0 Å². The second-order valence-corrected chi connectivity index (χ2v) is 11.0. The van der Waals surface area contributed by atoms with Crippen molar-refractivity contribution in [2.45, 2.75) is 51.0 Å². The van der Waals surface area contributed by atoms with Gasteiger partial charge in [-0.2, -0.15) is 0 Å². The molecule has 2 amide bonds. The number of amides is 2. The van der Waals surface area contributed by atoms with Crippen LogP contribution < -0.4 is 0 Å². The number of fused-ring (bicyclic) bond motifs is 1. The fraction of sp³-hybridized carbons (Fsp3) is 0.750. The molecule has 0 radical (unpaired) electrons. The third-order valence-electron chi connectivity index (χ3n) is 7.87. The Morgan fingerprint density at radius 3 is 2.32 bits per heavy atom. The normalized spacial score (nSPS) is 26.3. The van der Waals surface area contributed by atoms with Crippen molar-refractivity contribution < 1.29 is 9.59 Å². The minimum Gasteiger partial charge on any atom is -0.340 e. The number of nitrogens with zero attached hydrogens (tertiary/aromatic N) is 4. The van der Waals surface area contributed by atoms with Crippen LogP contribution in [0.15, 0.2) is 6.07 Å². The van der Waals surface area contributed by atoms with Crippen LogP contribution >= 0.6 is 11.3 Å². The summed E-state index contributed by atoms with van der Waals surface area (Å²) in [6.45, 7) is 7.95. The van der Waals surface area contributed by atoms with Gasteiger partial charge in [0.25, 0.3) is 5.91 Å². The fourth-order valence-corrected chi connectivity index (χ4v) is 7.02. The van der Waals surface area contributed by atoms with Crippen molar-refractivity contribution in [3.8, 4) is 0 Å². The van der Waals surface area contributed by atoms with Gasteiger partial charge in [0, 0.05) is 56.1 Å². The van der Waals surface area contributed by atoms with Gasteiger partial charge >= 0.3 is 0 Å². The van der Waals surface area contributed by atoms with E-state index in [0.29, 0.717) is 11.9 Å². The summed E-state index contributed by atoms with van der Waals surface area (Å²) in [4.78, 5) is 37.4. The molecule has 4 heterocycles. The zero-order valence-electron chi connectivity index (χ0n) is 18.9. The van der Waals surface area contributed by atoms with Crippen LogP contribution in [-0.2, 0) is 17.6 Å². The van der Waals surface area contributed by atoms with Gasteiger partial charge in [-0.3, -0.25) is 14.5 Å². The molecule has 1 atom stereocenters. The highest BCUT2D eigenvalue weighted by Crippen LogP contribution is 2.34. The summed E-state index contributed by atoms with van der Waals surface area (Å²) in [6.07, 6.45) is 7.45. The maximum absolute atomic E-state index is 13.3. The molecule has 0 saturated carbocycles. The number of aryl methyl sites for hydroxylation is 1. The summed E-state index contributed by atoms with van der Waals surface area (Å²) in [7, 11) is 2.21. The van der Waals surface area contributed by atoms with Crippen molar-refractivity contribution in [3.63, 3.8) is 0 Å². The van der Waals surface area contributed by atoms with E-state index in [0.717, 1.165) is 76.2 Å². The molecule has 0 unspecified atom stereocenters. The van der Waals surface area contributed by atoms with E-state index in [-0.39, 0.29) is 11.8 Å². The maximum Gasteiger partial charge on any atom is 0.263 e. The average Bonchev–Trinajstić information content (AvgIpc) is 3.48. The average molecular weight is 445 g/mol. The third kappa shape index (κ3) is 4.55. The molecule has 3 aliphatic heterocycles. The summed E-state index contributed by atoms with van der Waals surface area (Å²) in [5.41, 5.74) is 1.25. The lowest BCUT2D eigenvalue weighted by Crippen LogP contribution is -2.55. The smallest absolute Gasteiger partial charge is 0.263 e. The minimum absolute atomic E-state index is 0.0896. The van der Waals surface area contributed by atoms with Gasteiger partial charge < -0.3 is 14.7 Å². The monoisotopic (exact) mass is 444 g/mol. The van der Waals surface area contributed by atoms with Crippen molar-refractivity contribution >= 4 is 23.2 Å². The Balaban J connectivity index is 1.15. The van der Waals surface area contributed by atoms with Crippen LogP contribution in [0.4, 0.5) is 0 Å². The molecule has 170 valence electrons. The predicted octanol–water partition coefficient (Wildman–Crippen LogP) is 2.33. The van der Waals surface area contributed by atoms with Gasteiger partial charge in [-0.15, -0.1) is 11.3 Å². The summed E-state index contributed by atoms with van der Waals surface area (Å²) < 4.78 is 0. The van der Waals surface area contributed by atoms with Gasteiger partial charge in [0.05, 0.1) is 4.88 Å². The van der Waals surface area contributed by atoms with Gasteiger partial charge in [0.2, 0.25) is 5.91 Å². The first-order valence-electron chi connectivity index (χ1n) is 12.2. The molecule has 3 saturated heterocycles. The van der Waals surface area contributed by atoms with Gasteiger partial charge in [-0.25, -0.2) is 0 Å². The molecule has 31 heavy (non-hydrogen) atoms. The first kappa shape index (κ1) is 21.4. The van der Waals surface area contributed by atoms with E-state index < -0.39 is 0 Å². The van der Waals surface area contributed by atoms with E-state index in [1.165, 1.54) is 36.4 Å². The first-order valence-corrected chi connectivity index (χ1v) is 13.0. The van der Waals surface area contributed by atoms with Crippen LogP contribution in [-0.4, -0.2) is 96.9 Å². The Kier molecular flexibility index (Phi) is 6.35. The Hall–Kier alpha value is -1.44. The SMILES string of the molecule is CN1CCC(N2CCN(C(=O)[C@H]3CCc4sc(C(=O)N5CCCC5)cc4C3)CC2)CC1. The lowest BCUT2D eigenvalue weighted by Gasteiger charge is -2.43. The zero-order chi connectivity index (χ0) is 21.4. The molecule has 6 nitrogen and oxygen atoms in total. The molecule has 5 rings (SSSR count). The molecule has 3 fully saturated rings. The zero-order valence-corrected chi connectivity index (χ0v) is 19.7. The number of likely N-dealkylation sites (tertiary alicyclic amines) is 2. The van der Waals surface area contributed by atoms with E-state index in [2.05, 4.69) is 27.8 Å². The molecular formula is C24H36N4O2S. The molecule has 0 bridgehead atoms. The van der Waals surface area contributed by atoms with Crippen molar-refractivity contribution in [3.05, 3.63) is 21.4 Å². The predicted molar refractivity (Wildman–Crippen MR) is 124 cm³/mol. The molecule has 1 aliphatic carbocycles. The number of carbonyl (C=O) groups is 2. The van der Waals surface area contributed by atoms with Crippen LogP contribution in [0.25, 0.3) is 0 Å². The number of hydrogen-bond donors (Lipinski definition) is 0. The summed E-state index contributed by atoms with van der Waals surface area (Å²) in [6, 6.07) is 2.79. The molecule has 0 N–H and O–H groups in total.